The summed E-state index contributed by atoms with van der Waals surface area (Å²) in [4.78, 5) is 0. The minimum atomic E-state index is 0.241. The van der Waals surface area contributed by atoms with Crippen molar-refractivity contribution in [2.24, 2.45) is 10.3 Å². The molecule has 0 aromatic heterocycles. The molecule has 1 heterocycles. The molecule has 1 N–H and O–H groups in total. The third-order valence-corrected chi connectivity index (χ3v) is 1.77. The van der Waals surface area contributed by atoms with Crippen LogP contribution in [0.25, 0.3) is 0 Å². The lowest BCUT2D eigenvalue weighted by Gasteiger charge is -2.13. The summed E-state index contributed by atoms with van der Waals surface area (Å²) < 4.78 is 0. The van der Waals surface area contributed by atoms with Gasteiger partial charge in [-0.3, -0.25) is 5.43 Å². The van der Waals surface area contributed by atoms with Gasteiger partial charge in [-0.1, -0.05) is 29.0 Å². The first kappa shape index (κ1) is 5.65. The quantitative estimate of drug-likeness (QED) is 0.532. The summed E-state index contributed by atoms with van der Waals surface area (Å²) in [6.07, 6.45) is 6.30. The van der Waals surface area contributed by atoms with E-state index in [1.807, 2.05) is 0 Å². The number of hydrogen-bond donors (Lipinski definition) is 1. The van der Waals surface area contributed by atoms with Gasteiger partial charge in [-0.2, -0.15) is 5.11 Å². The van der Waals surface area contributed by atoms with E-state index >= 15 is 0 Å². The zero-order chi connectivity index (χ0) is 6.97. The van der Waals surface area contributed by atoms with Crippen LogP contribution >= 0.6 is 0 Å². The van der Waals surface area contributed by atoms with Crippen molar-refractivity contribution in [1.29, 1.82) is 0 Å². The molecule has 2 atom stereocenters. The summed E-state index contributed by atoms with van der Waals surface area (Å²) in [5.74, 6) is 0. The van der Waals surface area contributed by atoms with Crippen LogP contribution in [-0.4, -0.2) is 12.1 Å². The third kappa shape index (κ3) is 0.744. The first-order valence-corrected chi connectivity index (χ1v) is 3.38. The van der Waals surface area contributed by atoms with Crippen LogP contribution in [0.4, 0.5) is 0 Å². The number of fused-ring (bicyclic) bond motifs is 1. The standard InChI is InChI=1S/C7H9N3/c1-5-2-3-6-7(4-5)9-10-8-6/h2-4,6-7H,1H3,(H,8,9). The van der Waals surface area contributed by atoms with E-state index in [1.165, 1.54) is 5.57 Å². The van der Waals surface area contributed by atoms with E-state index in [4.69, 9.17) is 0 Å². The maximum absolute atomic E-state index is 3.99. The smallest absolute Gasteiger partial charge is 0.117 e. The minimum absolute atomic E-state index is 0.241. The molecule has 0 spiro atoms. The van der Waals surface area contributed by atoms with Crippen LogP contribution in [0.5, 0.6) is 0 Å². The lowest BCUT2D eigenvalue weighted by atomic mass is 10.0. The average molecular weight is 135 g/mol. The lowest BCUT2D eigenvalue weighted by Crippen LogP contribution is -2.28. The van der Waals surface area contributed by atoms with E-state index in [9.17, 15) is 0 Å². The van der Waals surface area contributed by atoms with Crippen molar-refractivity contribution >= 4 is 0 Å². The van der Waals surface area contributed by atoms with Crippen molar-refractivity contribution in [3.8, 4) is 0 Å². The summed E-state index contributed by atoms with van der Waals surface area (Å²) in [6.45, 7) is 2.07. The highest BCUT2D eigenvalue weighted by molar-refractivity contribution is 5.28. The maximum atomic E-state index is 3.99. The van der Waals surface area contributed by atoms with Crippen LogP contribution in [0.3, 0.4) is 0 Å². The van der Waals surface area contributed by atoms with Crippen molar-refractivity contribution in [2.45, 2.75) is 19.0 Å². The fourth-order valence-electron chi connectivity index (χ4n) is 1.19. The van der Waals surface area contributed by atoms with Crippen molar-refractivity contribution in [1.82, 2.24) is 5.43 Å². The van der Waals surface area contributed by atoms with Gasteiger partial charge >= 0.3 is 0 Å². The number of rotatable bonds is 0. The SMILES string of the molecule is CC1=CC2N=NNC2C=C1. The Bertz CT molecular complexity index is 227. The van der Waals surface area contributed by atoms with Gasteiger partial charge in [0.2, 0.25) is 0 Å². The Balaban J connectivity index is 2.26. The van der Waals surface area contributed by atoms with Crippen LogP contribution in [0.1, 0.15) is 6.92 Å². The van der Waals surface area contributed by atoms with Crippen molar-refractivity contribution in [2.75, 3.05) is 0 Å². The molecular formula is C7H9N3. The predicted molar refractivity (Wildman–Crippen MR) is 38.5 cm³/mol. The van der Waals surface area contributed by atoms with Gasteiger partial charge in [0, 0.05) is 0 Å². The van der Waals surface area contributed by atoms with E-state index in [0.717, 1.165) is 0 Å². The van der Waals surface area contributed by atoms with Crippen molar-refractivity contribution in [3.05, 3.63) is 23.8 Å². The number of nitrogens with zero attached hydrogens (tertiary/aromatic N) is 2. The van der Waals surface area contributed by atoms with Crippen LogP contribution in [0.15, 0.2) is 34.1 Å². The van der Waals surface area contributed by atoms with Gasteiger partial charge in [-0.15, -0.1) is 0 Å². The fourth-order valence-corrected chi connectivity index (χ4v) is 1.19. The predicted octanol–water partition coefficient (Wildman–Crippen LogP) is 1.21. The highest BCUT2D eigenvalue weighted by Crippen LogP contribution is 2.17. The molecule has 1 aliphatic carbocycles. The molecule has 0 amide bonds. The van der Waals surface area contributed by atoms with Gasteiger partial charge in [-0.05, 0) is 6.92 Å². The zero-order valence-electron chi connectivity index (χ0n) is 5.78. The van der Waals surface area contributed by atoms with E-state index in [-0.39, 0.29) is 6.04 Å². The maximum Gasteiger partial charge on any atom is 0.117 e. The van der Waals surface area contributed by atoms with Crippen LogP contribution in [-0.2, 0) is 0 Å². The van der Waals surface area contributed by atoms with Gasteiger partial charge in [0.1, 0.15) is 6.04 Å². The second-order valence-electron chi connectivity index (χ2n) is 2.63. The molecule has 0 bridgehead atoms. The molecule has 0 aromatic carbocycles. The third-order valence-electron chi connectivity index (χ3n) is 1.77. The topological polar surface area (TPSA) is 36.8 Å². The van der Waals surface area contributed by atoms with Gasteiger partial charge in [0.25, 0.3) is 0 Å². The zero-order valence-corrected chi connectivity index (χ0v) is 5.78. The highest BCUT2D eigenvalue weighted by atomic mass is 15.5. The molecule has 52 valence electrons. The molecule has 3 nitrogen and oxygen atoms in total. The van der Waals surface area contributed by atoms with E-state index in [0.29, 0.717) is 6.04 Å². The van der Waals surface area contributed by atoms with Gasteiger partial charge in [-0.25, -0.2) is 0 Å². The largest absolute Gasteiger partial charge is 0.282 e. The van der Waals surface area contributed by atoms with Crippen molar-refractivity contribution < 1.29 is 0 Å². The Morgan fingerprint density at radius 2 is 2.50 bits per heavy atom. The Morgan fingerprint density at radius 3 is 3.40 bits per heavy atom. The lowest BCUT2D eigenvalue weighted by molar-refractivity contribution is 0.656. The van der Waals surface area contributed by atoms with Gasteiger partial charge < -0.3 is 0 Å². The number of nitrogens with one attached hydrogen (secondary N) is 1. The van der Waals surface area contributed by atoms with Crippen molar-refractivity contribution in [3.63, 3.8) is 0 Å². The Labute approximate surface area is 59.5 Å². The van der Waals surface area contributed by atoms with E-state index < -0.39 is 0 Å². The van der Waals surface area contributed by atoms with E-state index in [2.05, 4.69) is 40.9 Å². The second kappa shape index (κ2) is 1.94. The van der Waals surface area contributed by atoms with Crippen LogP contribution in [0, 0.1) is 0 Å². The Morgan fingerprint density at radius 1 is 1.60 bits per heavy atom. The summed E-state index contributed by atoms with van der Waals surface area (Å²) in [7, 11) is 0. The Kier molecular flexibility index (Phi) is 1.09. The second-order valence-corrected chi connectivity index (χ2v) is 2.63. The molecule has 0 saturated carbocycles. The number of allylic oxidation sites excluding steroid dienone is 2. The molecule has 2 aliphatic rings. The molecule has 1 aliphatic heterocycles. The molecule has 3 heteroatoms. The van der Waals surface area contributed by atoms with Crippen LogP contribution < -0.4 is 5.43 Å². The minimum Gasteiger partial charge on any atom is -0.282 e. The molecule has 0 saturated heterocycles. The molecule has 0 aromatic rings. The summed E-state index contributed by atoms with van der Waals surface area (Å²) in [5, 5.41) is 7.74. The monoisotopic (exact) mass is 135 g/mol. The van der Waals surface area contributed by atoms with Gasteiger partial charge in [0.05, 0.1) is 6.04 Å². The molecule has 2 rings (SSSR count). The van der Waals surface area contributed by atoms with Crippen LogP contribution in [0.2, 0.25) is 0 Å². The van der Waals surface area contributed by atoms with E-state index in [1.54, 1.807) is 0 Å². The normalized spacial score (nSPS) is 35.1. The molecule has 10 heavy (non-hydrogen) atoms. The first-order chi connectivity index (χ1) is 4.86. The molecule has 0 radical (unpaired) electrons. The average Bonchev–Trinajstić information content (AvgIpc) is 2.33. The summed E-state index contributed by atoms with van der Waals surface area (Å²) in [6, 6.07) is 0.550. The summed E-state index contributed by atoms with van der Waals surface area (Å²) >= 11 is 0. The number of hydrogen-bond acceptors (Lipinski definition) is 3. The first-order valence-electron chi connectivity index (χ1n) is 3.38. The Hall–Kier alpha value is -1.12. The van der Waals surface area contributed by atoms with Gasteiger partial charge in [0.15, 0.2) is 0 Å². The molecular weight excluding hydrogens is 126 g/mol. The summed E-state index contributed by atoms with van der Waals surface area (Å²) in [5.41, 5.74) is 4.17. The fraction of sp³-hybridized carbons (Fsp3) is 0.429. The molecule has 2 unspecified atom stereocenters. The molecule has 0 fully saturated rings. The highest BCUT2D eigenvalue weighted by Gasteiger charge is 2.22.